The number of piperazine rings is 1. The van der Waals surface area contributed by atoms with E-state index in [0.717, 1.165) is 45.2 Å². The second kappa shape index (κ2) is 9.20. The van der Waals surface area contributed by atoms with Gasteiger partial charge in [-0.3, -0.25) is 9.89 Å². The predicted octanol–water partition coefficient (Wildman–Crippen LogP) is 1.77. The van der Waals surface area contributed by atoms with Crippen molar-refractivity contribution in [3.8, 4) is 0 Å². The van der Waals surface area contributed by atoms with Crippen LogP contribution in [0.25, 0.3) is 0 Å². The minimum absolute atomic E-state index is 0.0575. The molecule has 1 fully saturated rings. The fourth-order valence-corrected chi connectivity index (χ4v) is 3.15. The van der Waals surface area contributed by atoms with Gasteiger partial charge >= 0.3 is 0 Å². The van der Waals surface area contributed by atoms with Gasteiger partial charge in [-0.1, -0.05) is 44.2 Å². The van der Waals surface area contributed by atoms with Crippen LogP contribution >= 0.6 is 0 Å². The summed E-state index contributed by atoms with van der Waals surface area (Å²) in [4.78, 5) is 9.32. The summed E-state index contributed by atoms with van der Waals surface area (Å²) in [6.07, 6.45) is 0. The maximum Gasteiger partial charge on any atom is 0.191 e. The van der Waals surface area contributed by atoms with Crippen LogP contribution in [0.5, 0.6) is 0 Å². The van der Waals surface area contributed by atoms with Crippen molar-refractivity contribution in [3.05, 3.63) is 35.9 Å². The third-order valence-corrected chi connectivity index (χ3v) is 5.20. The zero-order valence-electron chi connectivity index (χ0n) is 16.5. The van der Waals surface area contributed by atoms with Crippen LogP contribution in [-0.2, 0) is 5.41 Å². The molecular formula is C20H35N5. The number of hydrogen-bond acceptors (Lipinski definition) is 3. The fraction of sp³-hybridized carbons (Fsp3) is 0.650. The first-order valence-corrected chi connectivity index (χ1v) is 9.35. The number of nitrogens with zero attached hydrogens (tertiary/aromatic N) is 3. The number of guanidine groups is 1. The molecule has 0 amide bonds. The molecule has 1 aliphatic rings. The summed E-state index contributed by atoms with van der Waals surface area (Å²) < 4.78 is 0. The maximum absolute atomic E-state index is 4.38. The molecule has 140 valence electrons. The van der Waals surface area contributed by atoms with E-state index in [-0.39, 0.29) is 5.41 Å². The van der Waals surface area contributed by atoms with Crippen molar-refractivity contribution in [2.24, 2.45) is 4.99 Å². The molecule has 0 aliphatic carbocycles. The highest BCUT2D eigenvalue weighted by Gasteiger charge is 2.22. The van der Waals surface area contributed by atoms with Crippen LogP contribution < -0.4 is 10.6 Å². The van der Waals surface area contributed by atoms with Crippen LogP contribution in [0, 0.1) is 0 Å². The lowest BCUT2D eigenvalue weighted by atomic mass is 9.85. The lowest BCUT2D eigenvalue weighted by Gasteiger charge is -2.36. The topological polar surface area (TPSA) is 42.9 Å². The van der Waals surface area contributed by atoms with Gasteiger partial charge in [0.25, 0.3) is 0 Å². The molecule has 2 rings (SSSR count). The van der Waals surface area contributed by atoms with Gasteiger partial charge in [-0.25, -0.2) is 0 Å². The Labute approximate surface area is 153 Å². The SMILES string of the molecule is CN=C(NCC(C)N1CCN(C)CC1)NCC(C)(C)c1ccccc1. The molecule has 1 saturated heterocycles. The van der Waals surface area contributed by atoms with Crippen molar-refractivity contribution < 1.29 is 0 Å². The van der Waals surface area contributed by atoms with Crippen molar-refractivity contribution in [1.82, 2.24) is 20.4 Å². The molecule has 0 spiro atoms. The smallest absolute Gasteiger partial charge is 0.191 e. The lowest BCUT2D eigenvalue weighted by molar-refractivity contribution is 0.120. The van der Waals surface area contributed by atoms with Gasteiger partial charge in [-0.15, -0.1) is 0 Å². The van der Waals surface area contributed by atoms with Crippen molar-refractivity contribution >= 4 is 5.96 Å². The van der Waals surface area contributed by atoms with E-state index in [9.17, 15) is 0 Å². The Morgan fingerprint density at radius 2 is 1.76 bits per heavy atom. The quantitative estimate of drug-likeness (QED) is 0.609. The van der Waals surface area contributed by atoms with Gasteiger partial charge in [0, 0.05) is 57.8 Å². The minimum Gasteiger partial charge on any atom is -0.356 e. The summed E-state index contributed by atoms with van der Waals surface area (Å²) in [6, 6.07) is 11.1. The number of likely N-dealkylation sites (N-methyl/N-ethyl adjacent to an activating group) is 1. The number of hydrogen-bond donors (Lipinski definition) is 2. The van der Waals surface area contributed by atoms with E-state index in [1.807, 2.05) is 7.05 Å². The molecule has 1 aromatic carbocycles. The molecule has 0 saturated carbocycles. The minimum atomic E-state index is 0.0575. The van der Waals surface area contributed by atoms with Gasteiger partial charge < -0.3 is 15.5 Å². The summed E-state index contributed by atoms with van der Waals surface area (Å²) in [5, 5.41) is 6.97. The van der Waals surface area contributed by atoms with Crippen molar-refractivity contribution in [3.63, 3.8) is 0 Å². The van der Waals surface area contributed by atoms with E-state index >= 15 is 0 Å². The Morgan fingerprint density at radius 1 is 1.12 bits per heavy atom. The van der Waals surface area contributed by atoms with Gasteiger partial charge in [0.05, 0.1) is 0 Å². The van der Waals surface area contributed by atoms with Crippen LogP contribution in [0.4, 0.5) is 0 Å². The molecule has 0 bridgehead atoms. The molecular weight excluding hydrogens is 310 g/mol. The first-order chi connectivity index (χ1) is 11.9. The standard InChI is InChI=1S/C20H35N5/c1-17(25-13-11-24(5)12-14-25)15-22-19(21-4)23-16-20(2,3)18-9-7-6-8-10-18/h6-10,17H,11-16H2,1-5H3,(H2,21,22,23). The highest BCUT2D eigenvalue weighted by molar-refractivity contribution is 5.79. The van der Waals surface area contributed by atoms with E-state index in [0.29, 0.717) is 6.04 Å². The Morgan fingerprint density at radius 3 is 2.36 bits per heavy atom. The highest BCUT2D eigenvalue weighted by Crippen LogP contribution is 2.21. The largest absolute Gasteiger partial charge is 0.356 e. The number of benzene rings is 1. The first kappa shape index (κ1) is 19.7. The number of rotatable bonds is 6. The molecule has 25 heavy (non-hydrogen) atoms. The average Bonchev–Trinajstić information content (AvgIpc) is 2.63. The summed E-state index contributed by atoms with van der Waals surface area (Å²) in [7, 11) is 4.03. The zero-order valence-corrected chi connectivity index (χ0v) is 16.5. The Bertz CT molecular complexity index is 532. The first-order valence-electron chi connectivity index (χ1n) is 9.35. The summed E-state index contributed by atoms with van der Waals surface area (Å²) in [5.41, 5.74) is 1.39. The molecule has 0 aromatic heterocycles. The molecule has 1 atom stereocenters. The van der Waals surface area contributed by atoms with E-state index in [4.69, 9.17) is 0 Å². The van der Waals surface area contributed by atoms with E-state index in [2.05, 4.69) is 83.6 Å². The second-order valence-corrected chi connectivity index (χ2v) is 7.74. The second-order valence-electron chi connectivity index (χ2n) is 7.74. The van der Waals surface area contributed by atoms with Crippen LogP contribution in [0.15, 0.2) is 35.3 Å². The number of nitrogens with one attached hydrogen (secondary N) is 2. The molecule has 1 aliphatic heterocycles. The Kier molecular flexibility index (Phi) is 7.26. The Balaban J connectivity index is 1.79. The van der Waals surface area contributed by atoms with E-state index < -0.39 is 0 Å². The molecule has 0 radical (unpaired) electrons. The van der Waals surface area contributed by atoms with Crippen molar-refractivity contribution in [2.75, 3.05) is 53.4 Å². The van der Waals surface area contributed by atoms with Gasteiger partial charge in [-0.2, -0.15) is 0 Å². The van der Waals surface area contributed by atoms with Gasteiger partial charge in [0.1, 0.15) is 0 Å². The van der Waals surface area contributed by atoms with Gasteiger partial charge in [0.2, 0.25) is 0 Å². The third-order valence-electron chi connectivity index (χ3n) is 5.20. The van der Waals surface area contributed by atoms with Gasteiger partial charge in [-0.05, 0) is 19.5 Å². The van der Waals surface area contributed by atoms with Crippen LogP contribution in [0.1, 0.15) is 26.3 Å². The number of aliphatic imine (C=N–C) groups is 1. The lowest BCUT2D eigenvalue weighted by Crippen LogP contribution is -2.52. The molecule has 5 nitrogen and oxygen atoms in total. The monoisotopic (exact) mass is 345 g/mol. The molecule has 1 heterocycles. The molecule has 2 N–H and O–H groups in total. The maximum atomic E-state index is 4.38. The van der Waals surface area contributed by atoms with Crippen molar-refractivity contribution in [2.45, 2.75) is 32.2 Å². The Hall–Kier alpha value is -1.59. The van der Waals surface area contributed by atoms with E-state index in [1.165, 1.54) is 5.56 Å². The van der Waals surface area contributed by atoms with Crippen LogP contribution in [0.3, 0.4) is 0 Å². The zero-order chi connectivity index (χ0) is 18.3. The van der Waals surface area contributed by atoms with Crippen LogP contribution in [0.2, 0.25) is 0 Å². The summed E-state index contributed by atoms with van der Waals surface area (Å²) in [5.74, 6) is 0.880. The summed E-state index contributed by atoms with van der Waals surface area (Å²) in [6.45, 7) is 13.2. The van der Waals surface area contributed by atoms with Gasteiger partial charge in [0.15, 0.2) is 5.96 Å². The third kappa shape index (κ3) is 6.01. The molecule has 5 heteroatoms. The normalized spacial score (nSPS) is 18.8. The van der Waals surface area contributed by atoms with Crippen LogP contribution in [-0.4, -0.2) is 75.2 Å². The molecule has 1 unspecified atom stereocenters. The molecule has 1 aromatic rings. The summed E-state index contributed by atoms with van der Waals surface area (Å²) >= 11 is 0. The highest BCUT2D eigenvalue weighted by atomic mass is 15.3. The van der Waals surface area contributed by atoms with Crippen molar-refractivity contribution in [1.29, 1.82) is 0 Å². The predicted molar refractivity (Wildman–Crippen MR) is 107 cm³/mol. The average molecular weight is 346 g/mol. The fourth-order valence-electron chi connectivity index (χ4n) is 3.15. The van der Waals surface area contributed by atoms with E-state index in [1.54, 1.807) is 0 Å².